The summed E-state index contributed by atoms with van der Waals surface area (Å²) in [5.74, 6) is 0. The minimum atomic E-state index is 0.228. The van der Waals surface area contributed by atoms with Gasteiger partial charge in [-0.15, -0.1) is 0 Å². The van der Waals surface area contributed by atoms with Gasteiger partial charge in [0.25, 0.3) is 0 Å². The van der Waals surface area contributed by atoms with Crippen LogP contribution in [0.5, 0.6) is 0 Å². The molecular formula is C8H18BrNO2. The molecule has 0 amide bonds. The molecule has 1 N–H and O–H groups in total. The molecule has 0 aliphatic rings. The molecule has 74 valence electrons. The van der Waals surface area contributed by atoms with Crippen LogP contribution >= 0.6 is 15.9 Å². The SMILES string of the molecule is COCCN(CCO)CCCBr. The van der Waals surface area contributed by atoms with Crippen molar-refractivity contribution in [2.24, 2.45) is 0 Å². The van der Waals surface area contributed by atoms with Crippen molar-refractivity contribution >= 4 is 15.9 Å². The molecule has 0 aromatic rings. The first-order chi connectivity index (χ1) is 5.85. The first-order valence-electron chi connectivity index (χ1n) is 4.23. The van der Waals surface area contributed by atoms with Crippen molar-refractivity contribution in [2.45, 2.75) is 6.42 Å². The Kier molecular flexibility index (Phi) is 9.73. The van der Waals surface area contributed by atoms with Crippen molar-refractivity contribution in [3.05, 3.63) is 0 Å². The maximum Gasteiger partial charge on any atom is 0.0589 e. The van der Waals surface area contributed by atoms with E-state index < -0.39 is 0 Å². The topological polar surface area (TPSA) is 32.7 Å². The fourth-order valence-corrected chi connectivity index (χ4v) is 1.23. The Bertz CT molecular complexity index is 85.1. The summed E-state index contributed by atoms with van der Waals surface area (Å²) in [7, 11) is 1.70. The zero-order valence-electron chi connectivity index (χ0n) is 7.63. The van der Waals surface area contributed by atoms with Gasteiger partial charge >= 0.3 is 0 Å². The summed E-state index contributed by atoms with van der Waals surface area (Å²) in [5.41, 5.74) is 0. The average Bonchev–Trinajstić information content (AvgIpc) is 2.10. The standard InChI is InChI=1S/C8H18BrNO2/c1-12-8-6-10(5-7-11)4-2-3-9/h11H,2-8H2,1H3. The first-order valence-corrected chi connectivity index (χ1v) is 5.35. The molecule has 0 unspecified atom stereocenters. The van der Waals surface area contributed by atoms with Crippen LogP contribution in [0.4, 0.5) is 0 Å². The lowest BCUT2D eigenvalue weighted by molar-refractivity contribution is 0.131. The van der Waals surface area contributed by atoms with E-state index in [1.807, 2.05) is 0 Å². The second-order valence-electron chi connectivity index (χ2n) is 2.60. The van der Waals surface area contributed by atoms with Crippen LogP contribution in [0.1, 0.15) is 6.42 Å². The molecule has 0 heterocycles. The Morgan fingerprint density at radius 1 is 1.33 bits per heavy atom. The third-order valence-corrected chi connectivity index (χ3v) is 2.20. The van der Waals surface area contributed by atoms with Gasteiger partial charge in [0.1, 0.15) is 0 Å². The smallest absolute Gasteiger partial charge is 0.0589 e. The summed E-state index contributed by atoms with van der Waals surface area (Å²) in [6.45, 7) is 3.64. The fourth-order valence-electron chi connectivity index (χ4n) is 0.981. The number of aliphatic hydroxyl groups is 1. The quantitative estimate of drug-likeness (QED) is 0.634. The zero-order valence-corrected chi connectivity index (χ0v) is 9.22. The summed E-state index contributed by atoms with van der Waals surface area (Å²) in [4.78, 5) is 2.20. The van der Waals surface area contributed by atoms with Crippen LogP contribution in [-0.4, -0.2) is 55.3 Å². The third-order valence-electron chi connectivity index (χ3n) is 1.64. The van der Waals surface area contributed by atoms with Gasteiger partial charge in [0.05, 0.1) is 13.2 Å². The molecule has 0 atom stereocenters. The maximum atomic E-state index is 8.74. The maximum absolute atomic E-state index is 8.74. The Morgan fingerprint density at radius 3 is 2.58 bits per heavy atom. The van der Waals surface area contributed by atoms with E-state index in [2.05, 4.69) is 20.8 Å². The zero-order chi connectivity index (χ0) is 9.23. The average molecular weight is 240 g/mol. The van der Waals surface area contributed by atoms with Crippen molar-refractivity contribution in [3.63, 3.8) is 0 Å². The lowest BCUT2D eigenvalue weighted by Crippen LogP contribution is -2.31. The number of aliphatic hydroxyl groups excluding tert-OH is 1. The number of halogens is 1. The van der Waals surface area contributed by atoms with Crippen LogP contribution in [0.2, 0.25) is 0 Å². The monoisotopic (exact) mass is 239 g/mol. The van der Waals surface area contributed by atoms with Crippen LogP contribution in [0.3, 0.4) is 0 Å². The van der Waals surface area contributed by atoms with Crippen molar-refractivity contribution in [3.8, 4) is 0 Å². The molecule has 4 heteroatoms. The highest BCUT2D eigenvalue weighted by Crippen LogP contribution is 1.94. The van der Waals surface area contributed by atoms with Gasteiger partial charge in [0.2, 0.25) is 0 Å². The van der Waals surface area contributed by atoms with Gasteiger partial charge in [-0.25, -0.2) is 0 Å². The number of nitrogens with zero attached hydrogens (tertiary/aromatic N) is 1. The molecule has 0 rings (SSSR count). The van der Waals surface area contributed by atoms with Crippen LogP contribution in [-0.2, 0) is 4.74 Å². The van der Waals surface area contributed by atoms with Gasteiger partial charge < -0.3 is 9.84 Å². The lowest BCUT2D eigenvalue weighted by atomic mass is 10.4. The normalized spacial score (nSPS) is 11.0. The predicted molar refractivity (Wildman–Crippen MR) is 53.8 cm³/mol. The van der Waals surface area contributed by atoms with Gasteiger partial charge in [-0.2, -0.15) is 0 Å². The number of hydrogen-bond acceptors (Lipinski definition) is 3. The Balaban J connectivity index is 3.40. The second-order valence-corrected chi connectivity index (χ2v) is 3.39. The van der Waals surface area contributed by atoms with Crippen LogP contribution in [0.15, 0.2) is 0 Å². The molecule has 12 heavy (non-hydrogen) atoms. The third kappa shape index (κ3) is 7.03. The molecule has 0 saturated carbocycles. The predicted octanol–water partition coefficient (Wildman–Crippen LogP) is 0.712. The van der Waals surface area contributed by atoms with Gasteiger partial charge in [-0.1, -0.05) is 15.9 Å². The van der Waals surface area contributed by atoms with Crippen molar-refractivity contribution < 1.29 is 9.84 Å². The Hall–Kier alpha value is 0.360. The van der Waals surface area contributed by atoms with Gasteiger partial charge in [0, 0.05) is 25.5 Å². The molecule has 0 radical (unpaired) electrons. The Labute approximate surface area is 82.8 Å². The van der Waals surface area contributed by atoms with E-state index >= 15 is 0 Å². The molecule has 0 aromatic carbocycles. The summed E-state index contributed by atoms with van der Waals surface area (Å²) in [6.07, 6.45) is 1.11. The molecule has 0 fully saturated rings. The van der Waals surface area contributed by atoms with E-state index in [1.165, 1.54) is 0 Å². The largest absolute Gasteiger partial charge is 0.395 e. The minimum Gasteiger partial charge on any atom is -0.395 e. The number of ether oxygens (including phenoxy) is 1. The van der Waals surface area contributed by atoms with Gasteiger partial charge in [0.15, 0.2) is 0 Å². The lowest BCUT2D eigenvalue weighted by Gasteiger charge is -2.19. The molecule has 0 spiro atoms. The Morgan fingerprint density at radius 2 is 2.08 bits per heavy atom. The molecule has 0 aliphatic carbocycles. The van der Waals surface area contributed by atoms with E-state index in [-0.39, 0.29) is 6.61 Å². The number of hydrogen-bond donors (Lipinski definition) is 1. The summed E-state index contributed by atoms with van der Waals surface area (Å²) in [5, 5.41) is 9.76. The molecule has 0 saturated heterocycles. The summed E-state index contributed by atoms with van der Waals surface area (Å²) < 4.78 is 4.96. The van der Waals surface area contributed by atoms with E-state index in [4.69, 9.17) is 9.84 Å². The second kappa shape index (κ2) is 9.45. The summed E-state index contributed by atoms with van der Waals surface area (Å²) in [6, 6.07) is 0. The van der Waals surface area contributed by atoms with Crippen molar-refractivity contribution in [1.82, 2.24) is 4.90 Å². The van der Waals surface area contributed by atoms with E-state index in [0.717, 1.165) is 38.0 Å². The van der Waals surface area contributed by atoms with Crippen LogP contribution in [0, 0.1) is 0 Å². The number of rotatable bonds is 8. The summed E-state index contributed by atoms with van der Waals surface area (Å²) >= 11 is 3.38. The van der Waals surface area contributed by atoms with Crippen molar-refractivity contribution in [1.29, 1.82) is 0 Å². The molecular weight excluding hydrogens is 222 g/mol. The fraction of sp³-hybridized carbons (Fsp3) is 1.00. The highest BCUT2D eigenvalue weighted by molar-refractivity contribution is 9.09. The van der Waals surface area contributed by atoms with Crippen LogP contribution < -0.4 is 0 Å². The molecule has 0 bridgehead atoms. The van der Waals surface area contributed by atoms with E-state index in [0.29, 0.717) is 0 Å². The minimum absolute atomic E-state index is 0.228. The molecule has 0 aromatic heterocycles. The molecule has 3 nitrogen and oxygen atoms in total. The number of methoxy groups -OCH3 is 1. The first kappa shape index (κ1) is 12.4. The van der Waals surface area contributed by atoms with E-state index in [9.17, 15) is 0 Å². The van der Waals surface area contributed by atoms with E-state index in [1.54, 1.807) is 7.11 Å². The van der Waals surface area contributed by atoms with Gasteiger partial charge in [-0.3, -0.25) is 4.90 Å². The van der Waals surface area contributed by atoms with Crippen molar-refractivity contribution in [2.75, 3.05) is 45.3 Å². The highest BCUT2D eigenvalue weighted by Gasteiger charge is 2.01. The highest BCUT2D eigenvalue weighted by atomic mass is 79.9. The van der Waals surface area contributed by atoms with Gasteiger partial charge in [-0.05, 0) is 13.0 Å². The number of alkyl halides is 1. The molecule has 0 aliphatic heterocycles. The van der Waals surface area contributed by atoms with Crippen LogP contribution in [0.25, 0.3) is 0 Å².